The Bertz CT molecular complexity index is 751. The van der Waals surface area contributed by atoms with E-state index in [2.05, 4.69) is 0 Å². The van der Waals surface area contributed by atoms with E-state index in [1.165, 1.54) is 0 Å². The number of hydrogen-bond acceptors (Lipinski definition) is 4. The number of carboxylic acids is 1. The molecule has 1 N–H and O–H groups in total. The minimum atomic E-state index is -0.839. The van der Waals surface area contributed by atoms with Gasteiger partial charge in [-0.25, -0.2) is 0 Å². The minimum absolute atomic E-state index is 0.0697. The Morgan fingerprint density at radius 1 is 1.43 bits per heavy atom. The van der Waals surface area contributed by atoms with Crippen LogP contribution in [0.3, 0.4) is 0 Å². The topological polar surface area (TPSA) is 80.0 Å². The summed E-state index contributed by atoms with van der Waals surface area (Å²) in [5.41, 5.74) is 1.48. The highest BCUT2D eigenvalue weighted by Crippen LogP contribution is 2.28. The number of carbonyl (C=O) groups excluding carboxylic acids is 1. The van der Waals surface area contributed by atoms with E-state index in [1.54, 1.807) is 31.3 Å². The first-order chi connectivity index (χ1) is 11.0. The maximum Gasteiger partial charge on any atom is 0.308 e. The fourth-order valence-corrected chi connectivity index (χ4v) is 3.21. The summed E-state index contributed by atoms with van der Waals surface area (Å²) in [6, 6.07) is 5.19. The van der Waals surface area contributed by atoms with Gasteiger partial charge < -0.3 is 19.2 Å². The number of carboxylic acid groups (broad SMARTS) is 1. The highest BCUT2D eigenvalue weighted by atomic mass is 16.5. The first-order valence-electron chi connectivity index (χ1n) is 7.57. The summed E-state index contributed by atoms with van der Waals surface area (Å²) in [5.74, 6) is -0.695. The van der Waals surface area contributed by atoms with Gasteiger partial charge >= 0.3 is 5.97 Å². The number of rotatable bonds is 4. The summed E-state index contributed by atoms with van der Waals surface area (Å²) in [4.78, 5) is 25.3. The molecule has 6 heteroatoms. The lowest BCUT2D eigenvalue weighted by atomic mass is 10.0. The van der Waals surface area contributed by atoms with E-state index in [0.29, 0.717) is 24.3 Å². The number of benzene rings is 1. The van der Waals surface area contributed by atoms with Crippen molar-refractivity contribution >= 4 is 22.8 Å². The number of carbonyl (C=O) groups is 2. The SMILES string of the molecule is COc1ccc2c(CC(=O)N3CCC(C(=O)O)C3C)coc2c1. The Hall–Kier alpha value is -2.50. The average Bonchev–Trinajstić information content (AvgIpc) is 3.10. The molecular weight excluding hydrogens is 298 g/mol. The number of nitrogens with zero attached hydrogens (tertiary/aromatic N) is 1. The van der Waals surface area contributed by atoms with Crippen molar-refractivity contribution in [2.75, 3.05) is 13.7 Å². The van der Waals surface area contributed by atoms with E-state index in [0.717, 1.165) is 10.9 Å². The molecule has 2 atom stereocenters. The van der Waals surface area contributed by atoms with Crippen LogP contribution in [0.4, 0.5) is 0 Å². The van der Waals surface area contributed by atoms with Crippen molar-refractivity contribution in [1.82, 2.24) is 4.90 Å². The maximum absolute atomic E-state index is 12.5. The second-order valence-corrected chi connectivity index (χ2v) is 5.86. The van der Waals surface area contributed by atoms with Crippen LogP contribution in [0.15, 0.2) is 28.9 Å². The molecule has 1 aromatic heterocycles. The van der Waals surface area contributed by atoms with Gasteiger partial charge in [0, 0.05) is 29.6 Å². The van der Waals surface area contributed by atoms with Crippen molar-refractivity contribution in [3.05, 3.63) is 30.0 Å². The van der Waals surface area contributed by atoms with E-state index >= 15 is 0 Å². The van der Waals surface area contributed by atoms with Gasteiger partial charge in [0.25, 0.3) is 0 Å². The predicted molar refractivity (Wildman–Crippen MR) is 83.4 cm³/mol. The molecule has 1 aliphatic heterocycles. The Kier molecular flexibility index (Phi) is 3.98. The fraction of sp³-hybridized carbons (Fsp3) is 0.412. The van der Waals surface area contributed by atoms with Gasteiger partial charge in [-0.05, 0) is 25.5 Å². The Morgan fingerprint density at radius 3 is 2.87 bits per heavy atom. The van der Waals surface area contributed by atoms with Crippen molar-refractivity contribution in [2.45, 2.75) is 25.8 Å². The van der Waals surface area contributed by atoms with Crippen LogP contribution in [-0.4, -0.2) is 41.6 Å². The molecule has 2 heterocycles. The summed E-state index contributed by atoms with van der Waals surface area (Å²) in [6.45, 7) is 2.28. The Morgan fingerprint density at radius 2 is 2.22 bits per heavy atom. The number of likely N-dealkylation sites (tertiary alicyclic amines) is 1. The molecule has 3 rings (SSSR count). The average molecular weight is 317 g/mol. The molecule has 6 nitrogen and oxygen atoms in total. The number of hydrogen-bond donors (Lipinski definition) is 1. The van der Waals surface area contributed by atoms with Crippen molar-refractivity contribution in [3.63, 3.8) is 0 Å². The Balaban J connectivity index is 1.77. The van der Waals surface area contributed by atoms with Crippen LogP contribution in [0, 0.1) is 5.92 Å². The minimum Gasteiger partial charge on any atom is -0.497 e. The van der Waals surface area contributed by atoms with Gasteiger partial charge in [0.1, 0.15) is 11.3 Å². The third kappa shape index (κ3) is 2.76. The molecule has 1 aromatic carbocycles. The van der Waals surface area contributed by atoms with Crippen molar-refractivity contribution in [1.29, 1.82) is 0 Å². The summed E-state index contributed by atoms with van der Waals surface area (Å²) < 4.78 is 10.6. The van der Waals surface area contributed by atoms with E-state index in [4.69, 9.17) is 14.3 Å². The number of furan rings is 1. The molecule has 2 unspecified atom stereocenters. The third-order valence-corrected chi connectivity index (χ3v) is 4.60. The molecule has 122 valence electrons. The Labute approximate surface area is 133 Å². The van der Waals surface area contributed by atoms with Gasteiger partial charge in [-0.15, -0.1) is 0 Å². The molecule has 2 aromatic rings. The monoisotopic (exact) mass is 317 g/mol. The summed E-state index contributed by atoms with van der Waals surface area (Å²) >= 11 is 0. The van der Waals surface area contributed by atoms with Gasteiger partial charge in [-0.3, -0.25) is 9.59 Å². The van der Waals surface area contributed by atoms with Crippen LogP contribution >= 0.6 is 0 Å². The molecule has 23 heavy (non-hydrogen) atoms. The van der Waals surface area contributed by atoms with E-state index < -0.39 is 11.9 Å². The van der Waals surface area contributed by atoms with Crippen molar-refractivity contribution < 1.29 is 23.8 Å². The lowest BCUT2D eigenvalue weighted by Gasteiger charge is -2.23. The summed E-state index contributed by atoms with van der Waals surface area (Å²) in [6.07, 6.45) is 2.29. The van der Waals surface area contributed by atoms with Crippen LogP contribution in [0.1, 0.15) is 18.9 Å². The molecule has 0 spiro atoms. The molecule has 1 amide bonds. The number of methoxy groups -OCH3 is 1. The van der Waals surface area contributed by atoms with Crippen LogP contribution in [-0.2, 0) is 16.0 Å². The molecule has 1 aliphatic rings. The molecule has 0 radical (unpaired) electrons. The third-order valence-electron chi connectivity index (χ3n) is 4.60. The molecule has 1 fully saturated rings. The maximum atomic E-state index is 12.5. The first kappa shape index (κ1) is 15.4. The largest absolute Gasteiger partial charge is 0.497 e. The highest BCUT2D eigenvalue weighted by Gasteiger charge is 2.38. The number of amides is 1. The fourth-order valence-electron chi connectivity index (χ4n) is 3.21. The normalized spacial score (nSPS) is 20.9. The van der Waals surface area contributed by atoms with Crippen LogP contribution < -0.4 is 4.74 Å². The van der Waals surface area contributed by atoms with Crippen molar-refractivity contribution in [3.8, 4) is 5.75 Å². The van der Waals surface area contributed by atoms with Crippen molar-refractivity contribution in [2.24, 2.45) is 5.92 Å². The summed E-state index contributed by atoms with van der Waals surface area (Å²) in [5, 5.41) is 10.0. The first-order valence-corrected chi connectivity index (χ1v) is 7.57. The number of aliphatic carboxylic acids is 1. The van der Waals surface area contributed by atoms with Crippen LogP contribution in [0.25, 0.3) is 11.0 Å². The number of ether oxygens (including phenoxy) is 1. The highest BCUT2D eigenvalue weighted by molar-refractivity contribution is 5.89. The molecule has 0 saturated carbocycles. The lowest BCUT2D eigenvalue weighted by Crippen LogP contribution is -2.38. The quantitative estimate of drug-likeness (QED) is 0.936. The second-order valence-electron chi connectivity index (χ2n) is 5.86. The standard InChI is InChI=1S/C17H19NO5/c1-10-13(17(20)21)5-6-18(10)16(19)7-11-9-23-15-8-12(22-2)3-4-14(11)15/h3-4,8-10,13H,5-7H2,1-2H3,(H,20,21). The molecule has 0 aliphatic carbocycles. The second kappa shape index (κ2) is 5.95. The van der Waals surface area contributed by atoms with Crippen LogP contribution in [0.5, 0.6) is 5.75 Å². The smallest absolute Gasteiger partial charge is 0.308 e. The van der Waals surface area contributed by atoms with Gasteiger partial charge in [-0.1, -0.05) is 0 Å². The molecule has 0 bridgehead atoms. The van der Waals surface area contributed by atoms with E-state index in [1.807, 2.05) is 12.1 Å². The van der Waals surface area contributed by atoms with Gasteiger partial charge in [0.2, 0.25) is 5.91 Å². The van der Waals surface area contributed by atoms with Gasteiger partial charge in [-0.2, -0.15) is 0 Å². The predicted octanol–water partition coefficient (Wildman–Crippen LogP) is 2.31. The van der Waals surface area contributed by atoms with E-state index in [-0.39, 0.29) is 18.4 Å². The number of fused-ring (bicyclic) bond motifs is 1. The molecule has 1 saturated heterocycles. The van der Waals surface area contributed by atoms with Crippen LogP contribution in [0.2, 0.25) is 0 Å². The van der Waals surface area contributed by atoms with Gasteiger partial charge in [0.05, 0.1) is 25.7 Å². The summed E-state index contributed by atoms with van der Waals surface area (Å²) in [7, 11) is 1.59. The zero-order valence-corrected chi connectivity index (χ0v) is 13.1. The zero-order valence-electron chi connectivity index (χ0n) is 13.1. The zero-order chi connectivity index (χ0) is 16.6. The molecular formula is C17H19NO5. The lowest BCUT2D eigenvalue weighted by molar-refractivity contribution is -0.143. The van der Waals surface area contributed by atoms with Gasteiger partial charge in [0.15, 0.2) is 0 Å². The van der Waals surface area contributed by atoms with E-state index in [9.17, 15) is 9.59 Å².